The van der Waals surface area contributed by atoms with E-state index < -0.39 is 28.5 Å². The van der Waals surface area contributed by atoms with Crippen molar-refractivity contribution in [1.82, 2.24) is 10.2 Å². The molecule has 0 aromatic heterocycles. The second-order valence-electron chi connectivity index (χ2n) is 8.43. The number of rotatable bonds is 11. The summed E-state index contributed by atoms with van der Waals surface area (Å²) in [5.41, 5.74) is 2.25. The summed E-state index contributed by atoms with van der Waals surface area (Å²) in [5, 5.41) is 2.81. The second-order valence-corrected chi connectivity index (χ2v) is 10.3. The lowest BCUT2D eigenvalue weighted by atomic mass is 10.1. The zero-order chi connectivity index (χ0) is 26.1. The van der Waals surface area contributed by atoms with Gasteiger partial charge in [-0.3, -0.25) is 13.9 Å². The number of carbonyl (C=O) groups is 2. The predicted octanol–water partition coefficient (Wildman–Crippen LogP) is 4.13. The number of benzene rings is 3. The fourth-order valence-electron chi connectivity index (χ4n) is 4.03. The number of likely N-dealkylation sites (N-methyl/N-ethyl adjacent to an activating group) is 1. The first-order valence-electron chi connectivity index (χ1n) is 12.0. The summed E-state index contributed by atoms with van der Waals surface area (Å²) < 4.78 is 28.4. The molecule has 8 heteroatoms. The molecular formula is C28H33N3O4S. The van der Waals surface area contributed by atoms with Crippen LogP contribution in [0.3, 0.4) is 0 Å². The summed E-state index contributed by atoms with van der Waals surface area (Å²) >= 11 is 0. The van der Waals surface area contributed by atoms with E-state index in [2.05, 4.69) is 5.32 Å². The number of sulfonamides is 1. The lowest BCUT2D eigenvalue weighted by Gasteiger charge is -2.33. The number of carbonyl (C=O) groups excluding carboxylic acids is 2. The molecule has 0 radical (unpaired) electrons. The van der Waals surface area contributed by atoms with Gasteiger partial charge in [-0.15, -0.1) is 0 Å². The standard InChI is InChI=1S/C28H33N3O4S/c1-4-26(28(33)29-5-2)30(20-23-15-13-12-14-22(23)3)27(32)21-31(24-16-8-6-9-17-24)36(34,35)25-18-10-7-11-19-25/h6-19,26H,4-5,20-21H2,1-3H3,(H,29,33)/t26-/m0/s1. The lowest BCUT2D eigenvalue weighted by Crippen LogP contribution is -2.52. The Morgan fingerprint density at radius 1 is 0.861 bits per heavy atom. The first-order valence-corrected chi connectivity index (χ1v) is 13.5. The monoisotopic (exact) mass is 507 g/mol. The van der Waals surface area contributed by atoms with Crippen molar-refractivity contribution in [3.05, 3.63) is 96.1 Å². The fraction of sp³-hybridized carbons (Fsp3) is 0.286. The van der Waals surface area contributed by atoms with Crippen LogP contribution in [-0.2, 0) is 26.2 Å². The van der Waals surface area contributed by atoms with Crippen molar-refractivity contribution in [2.75, 3.05) is 17.4 Å². The maximum Gasteiger partial charge on any atom is 0.264 e. The maximum absolute atomic E-state index is 13.9. The van der Waals surface area contributed by atoms with Gasteiger partial charge in [0.05, 0.1) is 10.6 Å². The van der Waals surface area contributed by atoms with Gasteiger partial charge in [-0.05, 0) is 55.7 Å². The topological polar surface area (TPSA) is 86.8 Å². The molecule has 0 saturated heterocycles. The molecule has 0 saturated carbocycles. The van der Waals surface area contributed by atoms with Gasteiger partial charge in [0.15, 0.2) is 0 Å². The molecule has 0 unspecified atom stereocenters. The molecule has 0 aliphatic heterocycles. The van der Waals surface area contributed by atoms with Crippen LogP contribution in [0.25, 0.3) is 0 Å². The van der Waals surface area contributed by atoms with Gasteiger partial charge in [-0.25, -0.2) is 8.42 Å². The van der Waals surface area contributed by atoms with Crippen molar-refractivity contribution in [2.45, 2.75) is 44.7 Å². The van der Waals surface area contributed by atoms with E-state index in [4.69, 9.17) is 0 Å². The summed E-state index contributed by atoms with van der Waals surface area (Å²) in [6, 6.07) is 23.5. The normalized spacial score (nSPS) is 12.0. The van der Waals surface area contributed by atoms with Crippen LogP contribution in [-0.4, -0.2) is 44.3 Å². The molecular weight excluding hydrogens is 474 g/mol. The number of amides is 2. The Kier molecular flexibility index (Phi) is 9.25. The first kappa shape index (κ1) is 26.9. The van der Waals surface area contributed by atoms with E-state index in [-0.39, 0.29) is 17.3 Å². The SMILES string of the molecule is CCNC(=O)[C@H](CC)N(Cc1ccccc1C)C(=O)CN(c1ccccc1)S(=O)(=O)c1ccccc1. The highest BCUT2D eigenvalue weighted by Gasteiger charge is 2.33. The van der Waals surface area contributed by atoms with E-state index in [0.717, 1.165) is 15.4 Å². The third-order valence-corrected chi connectivity index (χ3v) is 7.78. The average Bonchev–Trinajstić information content (AvgIpc) is 2.89. The minimum Gasteiger partial charge on any atom is -0.355 e. The van der Waals surface area contributed by atoms with Gasteiger partial charge in [-0.1, -0.05) is 67.6 Å². The van der Waals surface area contributed by atoms with Crippen LogP contribution in [0.2, 0.25) is 0 Å². The number of nitrogens with zero attached hydrogens (tertiary/aromatic N) is 2. The Balaban J connectivity index is 2.03. The average molecular weight is 508 g/mol. The molecule has 0 spiro atoms. The van der Waals surface area contributed by atoms with Crippen LogP contribution in [0.15, 0.2) is 89.8 Å². The molecule has 7 nitrogen and oxygen atoms in total. The van der Waals surface area contributed by atoms with Crippen molar-refractivity contribution in [2.24, 2.45) is 0 Å². The molecule has 3 aromatic rings. The lowest BCUT2D eigenvalue weighted by molar-refractivity contribution is -0.140. The predicted molar refractivity (Wildman–Crippen MR) is 142 cm³/mol. The van der Waals surface area contributed by atoms with Gasteiger partial charge < -0.3 is 10.2 Å². The van der Waals surface area contributed by atoms with Gasteiger partial charge in [0.1, 0.15) is 12.6 Å². The molecule has 190 valence electrons. The highest BCUT2D eigenvalue weighted by molar-refractivity contribution is 7.92. The van der Waals surface area contributed by atoms with E-state index in [1.54, 1.807) is 48.5 Å². The molecule has 0 aliphatic rings. The van der Waals surface area contributed by atoms with Crippen molar-refractivity contribution in [3.8, 4) is 0 Å². The van der Waals surface area contributed by atoms with Crippen molar-refractivity contribution >= 4 is 27.5 Å². The molecule has 0 bridgehead atoms. The second kappa shape index (κ2) is 12.4. The van der Waals surface area contributed by atoms with Crippen LogP contribution in [0.4, 0.5) is 5.69 Å². The first-order chi connectivity index (χ1) is 17.3. The summed E-state index contributed by atoms with van der Waals surface area (Å²) in [6.45, 7) is 5.79. The Morgan fingerprint density at radius 2 is 1.44 bits per heavy atom. The number of para-hydroxylation sites is 1. The van der Waals surface area contributed by atoms with Gasteiger partial charge >= 0.3 is 0 Å². The Bertz CT molecular complexity index is 1260. The molecule has 1 atom stereocenters. The third-order valence-electron chi connectivity index (χ3n) is 5.99. The summed E-state index contributed by atoms with van der Waals surface area (Å²) in [6.07, 6.45) is 0.389. The van der Waals surface area contributed by atoms with E-state index in [0.29, 0.717) is 18.7 Å². The van der Waals surface area contributed by atoms with Gasteiger partial charge in [-0.2, -0.15) is 0 Å². The zero-order valence-electron chi connectivity index (χ0n) is 20.9. The number of aryl methyl sites for hydroxylation is 1. The summed E-state index contributed by atoms with van der Waals surface area (Å²) in [7, 11) is -4.04. The zero-order valence-corrected chi connectivity index (χ0v) is 21.7. The van der Waals surface area contributed by atoms with Crippen LogP contribution in [0, 0.1) is 6.92 Å². The van der Waals surface area contributed by atoms with Crippen molar-refractivity contribution in [1.29, 1.82) is 0 Å². The van der Waals surface area contributed by atoms with E-state index in [1.807, 2.05) is 45.0 Å². The van der Waals surface area contributed by atoms with Crippen LogP contribution in [0.1, 0.15) is 31.4 Å². The number of hydrogen-bond acceptors (Lipinski definition) is 4. The van der Waals surface area contributed by atoms with Crippen LogP contribution < -0.4 is 9.62 Å². The molecule has 3 aromatic carbocycles. The summed E-state index contributed by atoms with van der Waals surface area (Å²) in [5.74, 6) is -0.723. The quantitative estimate of drug-likeness (QED) is 0.423. The van der Waals surface area contributed by atoms with Gasteiger partial charge in [0, 0.05) is 13.1 Å². The highest BCUT2D eigenvalue weighted by Crippen LogP contribution is 2.24. The Morgan fingerprint density at radius 3 is 2.03 bits per heavy atom. The molecule has 2 amide bonds. The number of nitrogens with one attached hydrogen (secondary N) is 1. The van der Waals surface area contributed by atoms with E-state index >= 15 is 0 Å². The molecule has 0 heterocycles. The minimum absolute atomic E-state index is 0.0860. The largest absolute Gasteiger partial charge is 0.355 e. The summed E-state index contributed by atoms with van der Waals surface area (Å²) in [4.78, 5) is 28.4. The smallest absolute Gasteiger partial charge is 0.264 e. The fourth-order valence-corrected chi connectivity index (χ4v) is 5.46. The van der Waals surface area contributed by atoms with Crippen molar-refractivity contribution in [3.63, 3.8) is 0 Å². The van der Waals surface area contributed by atoms with Crippen LogP contribution >= 0.6 is 0 Å². The van der Waals surface area contributed by atoms with Crippen molar-refractivity contribution < 1.29 is 18.0 Å². The molecule has 3 rings (SSSR count). The molecule has 0 aliphatic carbocycles. The van der Waals surface area contributed by atoms with Gasteiger partial charge in [0.25, 0.3) is 10.0 Å². The maximum atomic E-state index is 13.9. The molecule has 0 fully saturated rings. The Hall–Kier alpha value is -3.65. The minimum atomic E-state index is -4.04. The molecule has 36 heavy (non-hydrogen) atoms. The number of hydrogen-bond donors (Lipinski definition) is 1. The van der Waals surface area contributed by atoms with Crippen LogP contribution in [0.5, 0.6) is 0 Å². The van der Waals surface area contributed by atoms with E-state index in [1.165, 1.54) is 17.0 Å². The van der Waals surface area contributed by atoms with E-state index in [9.17, 15) is 18.0 Å². The third kappa shape index (κ3) is 6.31. The number of anilines is 1. The molecule has 1 N–H and O–H groups in total. The van der Waals surface area contributed by atoms with Gasteiger partial charge in [0.2, 0.25) is 11.8 Å². The Labute approximate surface area is 213 Å². The highest BCUT2D eigenvalue weighted by atomic mass is 32.2.